The molecule has 0 saturated carbocycles. The van der Waals surface area contributed by atoms with E-state index < -0.39 is 0 Å². The minimum atomic E-state index is 0.485. The van der Waals surface area contributed by atoms with E-state index in [1.54, 1.807) is 18.1 Å². The molecule has 0 fully saturated rings. The Bertz CT molecular complexity index is 1070. The number of aromatic nitrogens is 5. The van der Waals surface area contributed by atoms with E-state index in [0.717, 1.165) is 22.7 Å². The molecule has 4 rings (SSSR count). The third kappa shape index (κ3) is 4.32. The number of hydrogen-bond acceptors (Lipinski definition) is 7. The van der Waals surface area contributed by atoms with Crippen molar-refractivity contribution >= 4 is 11.8 Å². The molecular formula is C21H21N5O2S. The standard InChI is InChI=1S/C21H21N5O2S/c1-14(2)15-4-8-18(9-5-15)26-21(23-24-25-26)29-13-17-12-28-20(22-17)16-6-10-19(27-3)11-7-16/h4-12,14H,13H2,1-3H3. The summed E-state index contributed by atoms with van der Waals surface area (Å²) in [5.74, 6) is 2.46. The number of nitrogens with zero attached hydrogens (tertiary/aromatic N) is 5. The molecule has 0 atom stereocenters. The highest BCUT2D eigenvalue weighted by Gasteiger charge is 2.12. The Balaban J connectivity index is 1.45. The lowest BCUT2D eigenvalue weighted by molar-refractivity contribution is 0.415. The predicted molar refractivity (Wildman–Crippen MR) is 111 cm³/mol. The monoisotopic (exact) mass is 407 g/mol. The van der Waals surface area contributed by atoms with Gasteiger partial charge in [0.1, 0.15) is 12.0 Å². The highest BCUT2D eigenvalue weighted by molar-refractivity contribution is 7.98. The molecule has 29 heavy (non-hydrogen) atoms. The van der Waals surface area contributed by atoms with Crippen LogP contribution in [0, 0.1) is 0 Å². The normalized spacial score (nSPS) is 11.2. The molecule has 0 radical (unpaired) electrons. The van der Waals surface area contributed by atoms with E-state index in [0.29, 0.717) is 22.7 Å². The molecule has 0 bridgehead atoms. The van der Waals surface area contributed by atoms with Crippen molar-refractivity contribution < 1.29 is 9.15 Å². The van der Waals surface area contributed by atoms with E-state index in [9.17, 15) is 0 Å². The highest BCUT2D eigenvalue weighted by Crippen LogP contribution is 2.26. The maximum Gasteiger partial charge on any atom is 0.226 e. The summed E-state index contributed by atoms with van der Waals surface area (Å²) in [6.45, 7) is 4.34. The van der Waals surface area contributed by atoms with Crippen molar-refractivity contribution in [1.82, 2.24) is 25.2 Å². The fourth-order valence-corrected chi connectivity index (χ4v) is 3.58. The van der Waals surface area contributed by atoms with Crippen molar-refractivity contribution in [3.05, 3.63) is 66.1 Å². The topological polar surface area (TPSA) is 78.9 Å². The number of rotatable bonds is 7. The minimum absolute atomic E-state index is 0.485. The molecule has 148 valence electrons. The van der Waals surface area contributed by atoms with Gasteiger partial charge in [-0.25, -0.2) is 4.98 Å². The molecule has 0 aliphatic rings. The number of thioether (sulfide) groups is 1. The third-order valence-corrected chi connectivity index (χ3v) is 5.44. The van der Waals surface area contributed by atoms with Gasteiger partial charge in [-0.05, 0) is 58.3 Å². The van der Waals surface area contributed by atoms with Gasteiger partial charge in [0.05, 0.1) is 18.5 Å². The van der Waals surface area contributed by atoms with E-state index in [4.69, 9.17) is 9.15 Å². The van der Waals surface area contributed by atoms with Gasteiger partial charge in [0.15, 0.2) is 0 Å². The predicted octanol–water partition coefficient (Wildman–Crippen LogP) is 4.74. The second kappa shape index (κ2) is 8.48. The molecule has 2 heterocycles. The van der Waals surface area contributed by atoms with Crippen LogP contribution < -0.4 is 4.74 Å². The zero-order valence-electron chi connectivity index (χ0n) is 16.4. The number of benzene rings is 2. The maximum atomic E-state index is 5.62. The molecule has 2 aromatic heterocycles. The summed E-state index contributed by atoms with van der Waals surface area (Å²) in [7, 11) is 1.64. The maximum absolute atomic E-state index is 5.62. The summed E-state index contributed by atoms with van der Waals surface area (Å²) >= 11 is 1.51. The van der Waals surface area contributed by atoms with E-state index in [-0.39, 0.29) is 0 Å². The van der Waals surface area contributed by atoms with Gasteiger partial charge >= 0.3 is 0 Å². The Morgan fingerprint density at radius 1 is 1.07 bits per heavy atom. The van der Waals surface area contributed by atoms with Crippen LogP contribution in [0.1, 0.15) is 31.0 Å². The molecule has 0 aliphatic heterocycles. The number of methoxy groups -OCH3 is 1. The second-order valence-electron chi connectivity index (χ2n) is 6.78. The van der Waals surface area contributed by atoms with Crippen molar-refractivity contribution in [2.24, 2.45) is 0 Å². The first-order valence-corrected chi connectivity index (χ1v) is 10.2. The van der Waals surface area contributed by atoms with E-state index >= 15 is 0 Å². The summed E-state index contributed by atoms with van der Waals surface area (Å²) in [4.78, 5) is 4.56. The molecular weight excluding hydrogens is 386 g/mol. The zero-order chi connectivity index (χ0) is 20.2. The molecule has 4 aromatic rings. The molecule has 0 amide bonds. The average molecular weight is 407 g/mol. The van der Waals surface area contributed by atoms with Gasteiger partial charge in [0.25, 0.3) is 0 Å². The van der Waals surface area contributed by atoms with Crippen molar-refractivity contribution in [2.75, 3.05) is 7.11 Å². The van der Waals surface area contributed by atoms with Gasteiger partial charge in [-0.2, -0.15) is 4.68 Å². The van der Waals surface area contributed by atoms with Gasteiger partial charge < -0.3 is 9.15 Å². The van der Waals surface area contributed by atoms with Crippen LogP contribution in [0.5, 0.6) is 5.75 Å². The lowest BCUT2D eigenvalue weighted by Crippen LogP contribution is -2.00. The molecule has 0 N–H and O–H groups in total. The molecule has 8 heteroatoms. The number of hydrogen-bond donors (Lipinski definition) is 0. The van der Waals surface area contributed by atoms with Crippen LogP contribution >= 0.6 is 11.8 Å². The van der Waals surface area contributed by atoms with Crippen LogP contribution in [0.3, 0.4) is 0 Å². The van der Waals surface area contributed by atoms with Gasteiger partial charge in [0, 0.05) is 11.3 Å². The van der Waals surface area contributed by atoms with Crippen molar-refractivity contribution in [3.8, 4) is 22.9 Å². The van der Waals surface area contributed by atoms with Crippen molar-refractivity contribution in [3.63, 3.8) is 0 Å². The molecule has 0 spiro atoms. The van der Waals surface area contributed by atoms with E-state index in [1.807, 2.05) is 36.4 Å². The molecule has 0 unspecified atom stereocenters. The Morgan fingerprint density at radius 2 is 1.83 bits per heavy atom. The minimum Gasteiger partial charge on any atom is -0.497 e. The Labute approximate surface area is 173 Å². The van der Waals surface area contributed by atoms with Gasteiger partial charge in [-0.15, -0.1) is 5.10 Å². The number of oxazole rings is 1. The summed E-state index contributed by atoms with van der Waals surface area (Å²) in [5, 5.41) is 12.8. The lowest BCUT2D eigenvalue weighted by atomic mass is 10.0. The number of tetrazole rings is 1. The molecule has 0 saturated heterocycles. The number of ether oxygens (including phenoxy) is 1. The Kier molecular flexibility index (Phi) is 5.62. The lowest BCUT2D eigenvalue weighted by Gasteiger charge is -2.07. The SMILES string of the molecule is COc1ccc(-c2nc(CSc3nnnn3-c3ccc(C(C)C)cc3)co2)cc1. The summed E-state index contributed by atoms with van der Waals surface area (Å²) in [5.41, 5.74) is 3.94. The fraction of sp³-hybridized carbons (Fsp3) is 0.238. The van der Waals surface area contributed by atoms with Crippen molar-refractivity contribution in [1.29, 1.82) is 0 Å². The van der Waals surface area contributed by atoms with Gasteiger partial charge in [-0.1, -0.05) is 37.7 Å². The zero-order valence-corrected chi connectivity index (χ0v) is 17.3. The van der Waals surface area contributed by atoms with E-state index in [2.05, 4.69) is 46.5 Å². The summed E-state index contributed by atoms with van der Waals surface area (Å²) < 4.78 is 12.5. The van der Waals surface area contributed by atoms with Gasteiger partial charge in [-0.3, -0.25) is 0 Å². The Hall–Kier alpha value is -3.13. The van der Waals surface area contributed by atoms with Crippen LogP contribution in [0.4, 0.5) is 0 Å². The smallest absolute Gasteiger partial charge is 0.226 e. The second-order valence-corrected chi connectivity index (χ2v) is 7.72. The fourth-order valence-electron chi connectivity index (χ4n) is 2.81. The highest BCUT2D eigenvalue weighted by atomic mass is 32.2. The first kappa shape index (κ1) is 19.2. The third-order valence-electron chi connectivity index (χ3n) is 4.48. The van der Waals surface area contributed by atoms with Gasteiger partial charge in [0.2, 0.25) is 11.0 Å². The molecule has 0 aliphatic carbocycles. The summed E-state index contributed by atoms with van der Waals surface area (Å²) in [6.07, 6.45) is 1.66. The average Bonchev–Trinajstić information content (AvgIpc) is 3.42. The van der Waals surface area contributed by atoms with Crippen LogP contribution in [-0.4, -0.2) is 32.3 Å². The van der Waals surface area contributed by atoms with Crippen LogP contribution in [0.2, 0.25) is 0 Å². The molecule has 7 nitrogen and oxygen atoms in total. The molecule has 2 aromatic carbocycles. The van der Waals surface area contributed by atoms with E-state index in [1.165, 1.54) is 17.3 Å². The van der Waals surface area contributed by atoms with Crippen LogP contribution in [0.15, 0.2) is 64.4 Å². The quantitative estimate of drug-likeness (QED) is 0.409. The summed E-state index contributed by atoms with van der Waals surface area (Å²) in [6, 6.07) is 15.9. The van der Waals surface area contributed by atoms with Crippen molar-refractivity contribution in [2.45, 2.75) is 30.7 Å². The van der Waals surface area contributed by atoms with Crippen LogP contribution in [-0.2, 0) is 5.75 Å². The first-order valence-electron chi connectivity index (χ1n) is 9.24. The van der Waals surface area contributed by atoms with Crippen LogP contribution in [0.25, 0.3) is 17.1 Å². The first-order chi connectivity index (χ1) is 14.1. The Morgan fingerprint density at radius 3 is 2.52 bits per heavy atom. The largest absolute Gasteiger partial charge is 0.497 e.